The quantitative estimate of drug-likeness (QED) is 0.236. The van der Waals surface area contributed by atoms with Crippen LogP contribution in [-0.2, 0) is 0 Å². The van der Waals surface area contributed by atoms with Crippen LogP contribution in [0.25, 0.3) is 76.7 Å². The minimum absolute atomic E-state index is 0.154. The molecule has 8 rings (SSSR count). The summed E-state index contributed by atoms with van der Waals surface area (Å²) in [7, 11) is 0. The summed E-state index contributed by atoms with van der Waals surface area (Å²) < 4.78 is 83.4. The van der Waals surface area contributed by atoms with Gasteiger partial charge in [0, 0.05) is 16.2 Å². The lowest BCUT2D eigenvalue weighted by Gasteiger charge is -2.18. The Morgan fingerprint density at radius 3 is 1.94 bits per heavy atom. The Morgan fingerprint density at radius 1 is 0.583 bits per heavy atom. The number of fused-ring (bicyclic) bond motifs is 7. The van der Waals surface area contributed by atoms with Gasteiger partial charge >= 0.3 is 0 Å². The van der Waals surface area contributed by atoms with Crippen LogP contribution >= 0.6 is 0 Å². The molecule has 0 aliphatic heterocycles. The number of hydrogen-bond acceptors (Lipinski definition) is 2. The summed E-state index contributed by atoms with van der Waals surface area (Å²) in [6, 6.07) is 17.0. The Morgan fingerprint density at radius 2 is 1.22 bits per heavy atom. The molecule has 0 amide bonds. The predicted molar refractivity (Wildman–Crippen MR) is 149 cm³/mol. The molecule has 0 aliphatic rings. The van der Waals surface area contributed by atoms with Crippen LogP contribution < -0.4 is 0 Å². The highest BCUT2D eigenvalue weighted by molar-refractivity contribution is 6.28. The third-order valence-electron chi connectivity index (χ3n) is 6.77. The van der Waals surface area contributed by atoms with E-state index in [2.05, 4.69) is 0 Å². The second kappa shape index (κ2) is 7.34. The third kappa shape index (κ3) is 2.61. The topological polar surface area (TPSA) is 26.3 Å². The summed E-state index contributed by atoms with van der Waals surface area (Å²) >= 11 is 0. The van der Waals surface area contributed by atoms with E-state index in [1.54, 1.807) is 30.3 Å². The molecular formula is C34H20O2. The summed E-state index contributed by atoms with van der Waals surface area (Å²) in [6.45, 7) is 0. The number of benzene rings is 6. The van der Waals surface area contributed by atoms with Gasteiger partial charge in [-0.05, 0) is 62.0 Å². The predicted octanol–water partition coefficient (Wildman–Crippen LogP) is 9.97. The van der Waals surface area contributed by atoms with Gasteiger partial charge in [-0.25, -0.2) is 0 Å². The fourth-order valence-electron chi connectivity index (χ4n) is 5.30. The SMILES string of the molecule is [2H]c1c([2H])c([2H])c2c(-c3cc4ccoc4c4oc5ccccc5c34)c3c([2H])c([2H])c([2H])c([2H])c3c(-c3ccccc3)c2c1[2H]. The minimum atomic E-state index is -0.444. The van der Waals surface area contributed by atoms with Gasteiger partial charge < -0.3 is 8.83 Å². The van der Waals surface area contributed by atoms with Crippen molar-refractivity contribution in [3.63, 3.8) is 0 Å². The fourth-order valence-corrected chi connectivity index (χ4v) is 5.30. The van der Waals surface area contributed by atoms with Crippen LogP contribution in [0.3, 0.4) is 0 Å². The van der Waals surface area contributed by atoms with E-state index in [1.165, 1.54) is 6.26 Å². The van der Waals surface area contributed by atoms with Gasteiger partial charge in [-0.2, -0.15) is 0 Å². The highest BCUT2D eigenvalue weighted by Gasteiger charge is 2.22. The van der Waals surface area contributed by atoms with E-state index in [9.17, 15) is 2.74 Å². The van der Waals surface area contributed by atoms with E-state index in [0.717, 1.165) is 5.39 Å². The van der Waals surface area contributed by atoms with Crippen molar-refractivity contribution in [1.29, 1.82) is 0 Å². The van der Waals surface area contributed by atoms with E-state index in [-0.39, 0.29) is 51.3 Å². The minimum Gasteiger partial charge on any atom is -0.460 e. The number of rotatable bonds is 2. The first-order valence-electron chi connectivity index (χ1n) is 15.5. The molecule has 0 radical (unpaired) electrons. The van der Waals surface area contributed by atoms with Gasteiger partial charge in [0.2, 0.25) is 0 Å². The molecule has 0 saturated carbocycles. The van der Waals surface area contributed by atoms with Crippen LogP contribution in [0.1, 0.15) is 11.0 Å². The molecule has 0 saturated heterocycles. The van der Waals surface area contributed by atoms with Crippen molar-refractivity contribution >= 4 is 54.5 Å². The molecule has 0 unspecified atom stereocenters. The molecule has 36 heavy (non-hydrogen) atoms. The maximum atomic E-state index is 9.21. The van der Waals surface area contributed by atoms with Crippen molar-refractivity contribution in [1.82, 2.24) is 0 Å². The van der Waals surface area contributed by atoms with Gasteiger partial charge in [-0.1, -0.05) is 96.9 Å². The summed E-state index contributed by atoms with van der Waals surface area (Å²) in [5, 5.41) is 2.65. The fraction of sp³-hybridized carbons (Fsp3) is 0. The van der Waals surface area contributed by atoms with Gasteiger partial charge in [0.25, 0.3) is 0 Å². The number of hydrogen-bond donors (Lipinski definition) is 0. The molecule has 0 N–H and O–H groups in total. The van der Waals surface area contributed by atoms with Crippen molar-refractivity contribution in [3.8, 4) is 22.3 Å². The Bertz CT molecular complexity index is 2450. The second-order valence-corrected chi connectivity index (χ2v) is 8.68. The highest BCUT2D eigenvalue weighted by Crippen LogP contribution is 2.48. The number of para-hydroxylation sites is 1. The summed E-state index contributed by atoms with van der Waals surface area (Å²) in [6.07, 6.45) is 1.54. The monoisotopic (exact) mass is 468 g/mol. The van der Waals surface area contributed by atoms with Crippen LogP contribution in [0, 0.1) is 0 Å². The maximum absolute atomic E-state index is 9.21. The molecule has 2 heteroatoms. The van der Waals surface area contributed by atoms with Crippen molar-refractivity contribution < 1.29 is 19.8 Å². The lowest BCUT2D eigenvalue weighted by Crippen LogP contribution is -1.91. The van der Waals surface area contributed by atoms with Crippen molar-refractivity contribution in [3.05, 3.63) is 121 Å². The molecular weight excluding hydrogens is 440 g/mol. The molecule has 0 aliphatic carbocycles. The average molecular weight is 469 g/mol. The highest BCUT2D eigenvalue weighted by atomic mass is 16.4. The van der Waals surface area contributed by atoms with Crippen molar-refractivity contribution in [2.75, 3.05) is 0 Å². The lowest BCUT2D eigenvalue weighted by atomic mass is 9.84. The molecule has 2 heterocycles. The van der Waals surface area contributed by atoms with Gasteiger partial charge in [-0.15, -0.1) is 0 Å². The molecule has 2 nitrogen and oxygen atoms in total. The van der Waals surface area contributed by atoms with Gasteiger partial charge in [0.05, 0.1) is 17.2 Å². The van der Waals surface area contributed by atoms with Gasteiger partial charge in [0.1, 0.15) is 5.58 Å². The molecule has 8 aromatic rings. The molecule has 2 aromatic heterocycles. The van der Waals surface area contributed by atoms with E-state index in [4.69, 9.17) is 17.1 Å². The van der Waals surface area contributed by atoms with Crippen molar-refractivity contribution in [2.24, 2.45) is 0 Å². The number of furan rings is 2. The molecule has 0 bridgehead atoms. The van der Waals surface area contributed by atoms with Crippen LogP contribution in [-0.4, -0.2) is 0 Å². The first kappa shape index (κ1) is 13.3. The molecule has 6 aromatic carbocycles. The molecule has 0 spiro atoms. The zero-order chi connectivity index (χ0) is 30.6. The average Bonchev–Trinajstić information content (AvgIpc) is 3.68. The third-order valence-corrected chi connectivity index (χ3v) is 6.77. The maximum Gasteiger partial charge on any atom is 0.179 e. The van der Waals surface area contributed by atoms with Gasteiger partial charge in [0.15, 0.2) is 11.2 Å². The van der Waals surface area contributed by atoms with E-state index >= 15 is 0 Å². The Balaban J connectivity index is 1.78. The van der Waals surface area contributed by atoms with Crippen LogP contribution in [0.2, 0.25) is 0 Å². The lowest BCUT2D eigenvalue weighted by molar-refractivity contribution is 0.600. The van der Waals surface area contributed by atoms with E-state index in [1.807, 2.05) is 36.4 Å². The first-order chi connectivity index (χ1) is 21.2. The normalized spacial score (nSPS) is 15.0. The van der Waals surface area contributed by atoms with E-state index in [0.29, 0.717) is 44.2 Å². The zero-order valence-corrected chi connectivity index (χ0v) is 18.7. The summed E-state index contributed by atoms with van der Waals surface area (Å²) in [5.41, 5.74) is 3.16. The first-order valence-corrected chi connectivity index (χ1v) is 11.5. The van der Waals surface area contributed by atoms with Crippen molar-refractivity contribution in [2.45, 2.75) is 0 Å². The van der Waals surface area contributed by atoms with E-state index < -0.39 is 24.2 Å². The smallest absolute Gasteiger partial charge is 0.179 e. The molecule has 0 atom stereocenters. The van der Waals surface area contributed by atoms with Gasteiger partial charge in [-0.3, -0.25) is 0 Å². The molecule has 168 valence electrons. The Hall–Kier alpha value is -4.82. The van der Waals surface area contributed by atoms with Crippen LogP contribution in [0.5, 0.6) is 0 Å². The Kier molecular flexibility index (Phi) is 2.71. The zero-order valence-electron chi connectivity index (χ0n) is 26.7. The largest absolute Gasteiger partial charge is 0.460 e. The summed E-state index contributed by atoms with van der Waals surface area (Å²) in [4.78, 5) is 0. The molecule has 0 fully saturated rings. The standard InChI is InChI=1S/C34H20O2/c1-2-10-21(11-3-1)30-23-12-4-6-14-25(23)31(26-15-7-5-13-24(26)30)28-20-22-18-19-35-33(22)34-32(28)27-16-8-9-17-29(27)36-34/h1-20H/i4D,5D,6D,7D,12D,13D,14D,15D. The Labute approximate surface area is 218 Å². The second-order valence-electron chi connectivity index (χ2n) is 8.68. The summed E-state index contributed by atoms with van der Waals surface area (Å²) in [5.74, 6) is 0. The van der Waals surface area contributed by atoms with Crippen LogP contribution in [0.4, 0.5) is 0 Å². The van der Waals surface area contributed by atoms with Crippen LogP contribution in [0.15, 0.2) is 130 Å².